The first-order valence-corrected chi connectivity index (χ1v) is 3.76. The molecular weight excluding hydrogens is 185 g/mol. The smallest absolute Gasteiger partial charge is 0.422 e. The molecule has 1 atom stereocenters. The number of alkyl halides is 3. The average molecular weight is 196 g/mol. The Hall–Kier alpha value is -1.00. The fraction of sp³-hybridized carbons (Fsp3) is 0.625. The van der Waals surface area contributed by atoms with E-state index in [9.17, 15) is 18.0 Å². The number of ether oxygens (including phenoxy) is 1. The van der Waals surface area contributed by atoms with Crippen LogP contribution in [0.3, 0.4) is 0 Å². The molecule has 0 radical (unpaired) electrons. The summed E-state index contributed by atoms with van der Waals surface area (Å²) in [4.78, 5) is 10.7. The van der Waals surface area contributed by atoms with Crippen LogP contribution in [-0.2, 0) is 9.53 Å². The standard InChI is InChI=1S/C8H11F3O2/c1-4-5(2)13-7(12)6(3)8(9,10)11/h5H,3-4H2,1-2H3. The highest BCUT2D eigenvalue weighted by atomic mass is 19.4. The predicted molar refractivity (Wildman–Crippen MR) is 41.0 cm³/mol. The van der Waals surface area contributed by atoms with E-state index in [2.05, 4.69) is 11.3 Å². The molecule has 0 spiro atoms. The fourth-order valence-corrected chi connectivity index (χ4v) is 0.453. The van der Waals surface area contributed by atoms with Crippen LogP contribution in [0.1, 0.15) is 20.3 Å². The third kappa shape index (κ3) is 3.96. The topological polar surface area (TPSA) is 26.3 Å². The third-order valence-corrected chi connectivity index (χ3v) is 1.47. The molecule has 0 heterocycles. The molecule has 0 saturated carbocycles. The van der Waals surface area contributed by atoms with Gasteiger partial charge in [-0.05, 0) is 13.3 Å². The molecule has 0 N–H and O–H groups in total. The number of carbonyl (C=O) groups is 1. The van der Waals surface area contributed by atoms with Crippen LogP contribution < -0.4 is 0 Å². The van der Waals surface area contributed by atoms with E-state index < -0.39 is 23.8 Å². The minimum Gasteiger partial charge on any atom is -0.459 e. The minimum atomic E-state index is -4.70. The Kier molecular flexibility index (Phi) is 3.97. The van der Waals surface area contributed by atoms with E-state index in [1.54, 1.807) is 6.92 Å². The molecule has 2 nitrogen and oxygen atoms in total. The lowest BCUT2D eigenvalue weighted by atomic mass is 10.3. The molecule has 0 aromatic heterocycles. The molecule has 0 aromatic rings. The van der Waals surface area contributed by atoms with Crippen LogP contribution in [-0.4, -0.2) is 18.2 Å². The van der Waals surface area contributed by atoms with Crippen molar-refractivity contribution in [2.24, 2.45) is 0 Å². The van der Waals surface area contributed by atoms with Crippen LogP contribution in [0.5, 0.6) is 0 Å². The number of hydrogen-bond acceptors (Lipinski definition) is 2. The van der Waals surface area contributed by atoms with Crippen molar-refractivity contribution >= 4 is 5.97 Å². The molecule has 0 fully saturated rings. The molecule has 0 rings (SSSR count). The first-order valence-electron chi connectivity index (χ1n) is 3.76. The largest absolute Gasteiger partial charge is 0.459 e. The van der Waals surface area contributed by atoms with Crippen LogP contribution in [0.4, 0.5) is 13.2 Å². The Labute approximate surface area is 74.4 Å². The van der Waals surface area contributed by atoms with Gasteiger partial charge in [-0.1, -0.05) is 13.5 Å². The Morgan fingerprint density at radius 1 is 1.54 bits per heavy atom. The van der Waals surface area contributed by atoms with E-state index in [-0.39, 0.29) is 0 Å². The quantitative estimate of drug-likeness (QED) is 0.512. The van der Waals surface area contributed by atoms with Gasteiger partial charge in [0.25, 0.3) is 0 Å². The second kappa shape index (κ2) is 4.30. The summed E-state index contributed by atoms with van der Waals surface area (Å²) >= 11 is 0. The second-order valence-corrected chi connectivity index (χ2v) is 2.60. The van der Waals surface area contributed by atoms with Crippen molar-refractivity contribution in [2.75, 3.05) is 0 Å². The Bertz CT molecular complexity index is 208. The molecule has 0 aliphatic carbocycles. The number of hydrogen-bond donors (Lipinski definition) is 0. The lowest BCUT2D eigenvalue weighted by molar-refractivity contribution is -0.154. The molecule has 0 saturated heterocycles. The van der Waals surface area contributed by atoms with E-state index in [1.807, 2.05) is 0 Å². The zero-order chi connectivity index (χ0) is 10.6. The molecule has 0 amide bonds. The van der Waals surface area contributed by atoms with Crippen molar-refractivity contribution in [3.05, 3.63) is 12.2 Å². The van der Waals surface area contributed by atoms with Gasteiger partial charge in [0.15, 0.2) is 0 Å². The molecular formula is C8H11F3O2. The van der Waals surface area contributed by atoms with Gasteiger partial charge in [-0.2, -0.15) is 13.2 Å². The van der Waals surface area contributed by atoms with Gasteiger partial charge in [0, 0.05) is 0 Å². The number of carbonyl (C=O) groups excluding carboxylic acids is 1. The Morgan fingerprint density at radius 2 is 2.00 bits per heavy atom. The summed E-state index contributed by atoms with van der Waals surface area (Å²) < 4.78 is 40.0. The number of halogens is 3. The van der Waals surface area contributed by atoms with Crippen LogP contribution in [0.2, 0.25) is 0 Å². The van der Waals surface area contributed by atoms with E-state index >= 15 is 0 Å². The van der Waals surface area contributed by atoms with Gasteiger partial charge in [-0.15, -0.1) is 0 Å². The van der Waals surface area contributed by atoms with Crippen LogP contribution in [0.25, 0.3) is 0 Å². The van der Waals surface area contributed by atoms with Crippen LogP contribution >= 0.6 is 0 Å². The Morgan fingerprint density at radius 3 is 2.31 bits per heavy atom. The van der Waals surface area contributed by atoms with Gasteiger partial charge in [-0.3, -0.25) is 0 Å². The second-order valence-electron chi connectivity index (χ2n) is 2.60. The third-order valence-electron chi connectivity index (χ3n) is 1.47. The molecule has 0 aromatic carbocycles. The summed E-state index contributed by atoms with van der Waals surface area (Å²) in [5.41, 5.74) is -1.46. The molecule has 76 valence electrons. The number of esters is 1. The summed E-state index contributed by atoms with van der Waals surface area (Å²) in [6.45, 7) is 5.83. The Balaban J connectivity index is 4.21. The van der Waals surface area contributed by atoms with E-state index in [4.69, 9.17) is 0 Å². The molecule has 5 heteroatoms. The maximum absolute atomic E-state index is 11.9. The summed E-state index contributed by atoms with van der Waals surface area (Å²) in [6.07, 6.45) is -4.76. The van der Waals surface area contributed by atoms with Crippen molar-refractivity contribution in [1.29, 1.82) is 0 Å². The molecule has 0 aliphatic rings. The van der Waals surface area contributed by atoms with Gasteiger partial charge in [0.2, 0.25) is 0 Å². The van der Waals surface area contributed by atoms with Crippen molar-refractivity contribution in [3.8, 4) is 0 Å². The van der Waals surface area contributed by atoms with E-state index in [1.165, 1.54) is 6.92 Å². The maximum Gasteiger partial charge on any atom is 0.422 e. The molecule has 13 heavy (non-hydrogen) atoms. The first-order chi connectivity index (χ1) is 5.79. The van der Waals surface area contributed by atoms with Gasteiger partial charge in [0.1, 0.15) is 5.57 Å². The highest BCUT2D eigenvalue weighted by Crippen LogP contribution is 2.25. The van der Waals surface area contributed by atoms with Gasteiger partial charge in [0.05, 0.1) is 6.10 Å². The summed E-state index contributed by atoms with van der Waals surface area (Å²) in [6, 6.07) is 0. The van der Waals surface area contributed by atoms with Crippen molar-refractivity contribution in [3.63, 3.8) is 0 Å². The normalized spacial score (nSPS) is 13.6. The fourth-order valence-electron chi connectivity index (χ4n) is 0.453. The molecule has 0 bridgehead atoms. The highest BCUT2D eigenvalue weighted by molar-refractivity contribution is 5.89. The number of rotatable bonds is 3. The van der Waals surface area contributed by atoms with E-state index in [0.717, 1.165) is 0 Å². The average Bonchev–Trinajstić information content (AvgIpc) is 2.01. The zero-order valence-corrected chi connectivity index (χ0v) is 7.44. The van der Waals surface area contributed by atoms with Crippen molar-refractivity contribution in [2.45, 2.75) is 32.5 Å². The van der Waals surface area contributed by atoms with Gasteiger partial charge in [-0.25, -0.2) is 4.79 Å². The highest BCUT2D eigenvalue weighted by Gasteiger charge is 2.38. The lowest BCUT2D eigenvalue weighted by Crippen LogP contribution is -2.24. The van der Waals surface area contributed by atoms with Gasteiger partial charge < -0.3 is 4.74 Å². The van der Waals surface area contributed by atoms with Gasteiger partial charge >= 0.3 is 12.1 Å². The van der Waals surface area contributed by atoms with Crippen molar-refractivity contribution in [1.82, 2.24) is 0 Å². The first kappa shape index (κ1) is 12.0. The molecule has 1 unspecified atom stereocenters. The maximum atomic E-state index is 11.9. The monoisotopic (exact) mass is 196 g/mol. The predicted octanol–water partition coefficient (Wildman–Crippen LogP) is 2.45. The van der Waals surface area contributed by atoms with Crippen LogP contribution in [0, 0.1) is 0 Å². The summed E-state index contributed by atoms with van der Waals surface area (Å²) in [7, 11) is 0. The summed E-state index contributed by atoms with van der Waals surface area (Å²) in [5, 5.41) is 0. The van der Waals surface area contributed by atoms with Crippen molar-refractivity contribution < 1.29 is 22.7 Å². The summed E-state index contributed by atoms with van der Waals surface area (Å²) in [5.74, 6) is -1.40. The lowest BCUT2D eigenvalue weighted by Gasteiger charge is -2.13. The van der Waals surface area contributed by atoms with E-state index in [0.29, 0.717) is 6.42 Å². The van der Waals surface area contributed by atoms with Crippen LogP contribution in [0.15, 0.2) is 12.2 Å². The minimum absolute atomic E-state index is 0.469. The SMILES string of the molecule is C=C(C(=O)OC(C)CC)C(F)(F)F. The zero-order valence-electron chi connectivity index (χ0n) is 7.44. The molecule has 0 aliphatic heterocycles.